The first-order valence-electron chi connectivity index (χ1n) is 5.04. The number of nitrogens with two attached hydrogens (primary N) is 1. The predicted molar refractivity (Wildman–Crippen MR) is 62.0 cm³/mol. The van der Waals surface area contributed by atoms with Crippen molar-refractivity contribution >= 4 is 23.0 Å². The van der Waals surface area contributed by atoms with Gasteiger partial charge in [0.1, 0.15) is 0 Å². The van der Waals surface area contributed by atoms with Crippen LogP contribution in [0.25, 0.3) is 0 Å². The number of rotatable bonds is 1. The minimum absolute atomic E-state index is 0.00546. The quantitative estimate of drug-likeness (QED) is 0.682. The number of amides is 1. The van der Waals surface area contributed by atoms with Gasteiger partial charge in [-0.2, -0.15) is 0 Å². The fraction of sp³-hybridized carbons (Fsp3) is 0.364. The van der Waals surface area contributed by atoms with Gasteiger partial charge in [0.2, 0.25) is 5.91 Å². The van der Waals surface area contributed by atoms with Gasteiger partial charge in [-0.3, -0.25) is 4.79 Å². The van der Waals surface area contributed by atoms with E-state index in [1.54, 1.807) is 6.07 Å². The molecular formula is C11H15N3O. The summed E-state index contributed by atoms with van der Waals surface area (Å²) in [5.74, 6) is -0.00546. The first-order chi connectivity index (χ1) is 7.09. The molecule has 15 heavy (non-hydrogen) atoms. The van der Waals surface area contributed by atoms with Crippen molar-refractivity contribution in [3.63, 3.8) is 0 Å². The van der Waals surface area contributed by atoms with Crippen molar-refractivity contribution in [2.24, 2.45) is 0 Å². The van der Waals surface area contributed by atoms with Crippen LogP contribution < -0.4 is 16.0 Å². The molecule has 0 unspecified atom stereocenters. The second-order valence-corrected chi connectivity index (χ2v) is 4.01. The van der Waals surface area contributed by atoms with E-state index in [1.165, 1.54) is 0 Å². The van der Waals surface area contributed by atoms with E-state index in [4.69, 9.17) is 5.73 Å². The topological polar surface area (TPSA) is 58.4 Å². The van der Waals surface area contributed by atoms with Crippen LogP contribution in [0.4, 0.5) is 17.1 Å². The molecule has 1 aromatic carbocycles. The van der Waals surface area contributed by atoms with Gasteiger partial charge >= 0.3 is 0 Å². The molecular weight excluding hydrogens is 190 g/mol. The third kappa shape index (κ3) is 1.63. The van der Waals surface area contributed by atoms with Crippen molar-refractivity contribution in [3.05, 3.63) is 18.2 Å². The molecule has 0 fully saturated rings. The Morgan fingerprint density at radius 1 is 1.47 bits per heavy atom. The normalized spacial score (nSPS) is 15.1. The van der Waals surface area contributed by atoms with E-state index in [2.05, 4.69) is 19.2 Å². The summed E-state index contributed by atoms with van der Waals surface area (Å²) in [4.78, 5) is 13.5. The number of benzene rings is 1. The average Bonchev–Trinajstić information content (AvgIpc) is 2.18. The molecule has 1 heterocycles. The Hall–Kier alpha value is -1.71. The molecule has 0 bridgehead atoms. The number of nitrogens with one attached hydrogen (secondary N) is 1. The summed E-state index contributed by atoms with van der Waals surface area (Å²) in [6, 6.07) is 5.96. The lowest BCUT2D eigenvalue weighted by Crippen LogP contribution is -2.42. The largest absolute Gasteiger partial charge is 0.397 e. The second kappa shape index (κ2) is 3.46. The lowest BCUT2D eigenvalue weighted by molar-refractivity contribution is -0.115. The summed E-state index contributed by atoms with van der Waals surface area (Å²) >= 11 is 0. The number of carbonyl (C=O) groups is 1. The number of nitrogen functional groups attached to an aromatic ring is 1. The molecule has 3 N–H and O–H groups in total. The summed E-state index contributed by atoms with van der Waals surface area (Å²) in [6.45, 7) is 4.52. The standard InChI is InChI=1S/C11H15N3O/c1-7(2)14-6-10(15)13-11-8(12)4-3-5-9(11)14/h3-5,7H,6,12H2,1-2H3,(H,13,15). The van der Waals surface area contributed by atoms with E-state index in [9.17, 15) is 4.79 Å². The third-order valence-corrected chi connectivity index (χ3v) is 2.59. The van der Waals surface area contributed by atoms with Crippen molar-refractivity contribution in [1.29, 1.82) is 0 Å². The molecule has 1 amide bonds. The van der Waals surface area contributed by atoms with E-state index in [1.807, 2.05) is 17.0 Å². The molecule has 1 aliphatic heterocycles. The van der Waals surface area contributed by atoms with E-state index < -0.39 is 0 Å². The fourth-order valence-corrected chi connectivity index (χ4v) is 1.81. The van der Waals surface area contributed by atoms with Gasteiger partial charge in [0.15, 0.2) is 0 Å². The van der Waals surface area contributed by atoms with Gasteiger partial charge in [-0.15, -0.1) is 0 Å². The first-order valence-corrected chi connectivity index (χ1v) is 5.04. The third-order valence-electron chi connectivity index (χ3n) is 2.59. The zero-order chi connectivity index (χ0) is 11.0. The Morgan fingerprint density at radius 2 is 2.20 bits per heavy atom. The summed E-state index contributed by atoms with van der Waals surface area (Å²) < 4.78 is 0. The van der Waals surface area contributed by atoms with E-state index in [0.29, 0.717) is 12.2 Å². The summed E-state index contributed by atoms with van der Waals surface area (Å²) in [5, 5.41) is 2.81. The molecule has 2 rings (SSSR count). The van der Waals surface area contributed by atoms with E-state index in [0.717, 1.165) is 11.4 Å². The lowest BCUT2D eigenvalue weighted by atomic mass is 10.1. The molecule has 80 valence electrons. The van der Waals surface area contributed by atoms with Crippen LogP contribution in [0, 0.1) is 0 Å². The Bertz CT molecular complexity index is 401. The molecule has 4 heteroatoms. The zero-order valence-corrected chi connectivity index (χ0v) is 8.95. The van der Waals surface area contributed by atoms with Gasteiger partial charge in [-0.05, 0) is 26.0 Å². The molecule has 0 saturated carbocycles. The number of fused-ring (bicyclic) bond motifs is 1. The summed E-state index contributed by atoms with van der Waals surface area (Å²) in [7, 11) is 0. The van der Waals surface area contributed by atoms with Gasteiger partial charge in [0.05, 0.1) is 23.6 Å². The van der Waals surface area contributed by atoms with Crippen LogP contribution in [-0.2, 0) is 4.79 Å². The fourth-order valence-electron chi connectivity index (χ4n) is 1.81. The van der Waals surface area contributed by atoms with Crippen molar-refractivity contribution in [2.45, 2.75) is 19.9 Å². The van der Waals surface area contributed by atoms with E-state index >= 15 is 0 Å². The molecule has 0 saturated heterocycles. The Morgan fingerprint density at radius 3 is 2.87 bits per heavy atom. The van der Waals surface area contributed by atoms with Crippen molar-refractivity contribution in [3.8, 4) is 0 Å². The molecule has 1 aliphatic rings. The smallest absolute Gasteiger partial charge is 0.244 e. The molecule has 0 radical (unpaired) electrons. The monoisotopic (exact) mass is 205 g/mol. The van der Waals surface area contributed by atoms with Gasteiger partial charge in [0.25, 0.3) is 0 Å². The highest BCUT2D eigenvalue weighted by molar-refractivity contribution is 6.04. The number of hydrogen-bond donors (Lipinski definition) is 2. The molecule has 0 atom stereocenters. The highest BCUT2D eigenvalue weighted by Crippen LogP contribution is 2.35. The summed E-state index contributed by atoms with van der Waals surface area (Å²) in [6.07, 6.45) is 0. The van der Waals surface area contributed by atoms with Gasteiger partial charge in [0, 0.05) is 6.04 Å². The lowest BCUT2D eigenvalue weighted by Gasteiger charge is -2.34. The highest BCUT2D eigenvalue weighted by Gasteiger charge is 2.24. The number of para-hydroxylation sites is 1. The van der Waals surface area contributed by atoms with Gasteiger partial charge in [-0.25, -0.2) is 0 Å². The average molecular weight is 205 g/mol. The maximum atomic E-state index is 11.5. The van der Waals surface area contributed by atoms with Gasteiger partial charge in [-0.1, -0.05) is 6.07 Å². The summed E-state index contributed by atoms with van der Waals surface area (Å²) in [5.41, 5.74) is 8.18. The highest BCUT2D eigenvalue weighted by atomic mass is 16.2. The molecule has 4 nitrogen and oxygen atoms in total. The van der Waals surface area contributed by atoms with Crippen LogP contribution in [0.3, 0.4) is 0 Å². The van der Waals surface area contributed by atoms with Crippen LogP contribution >= 0.6 is 0 Å². The number of hydrogen-bond acceptors (Lipinski definition) is 3. The molecule has 0 aromatic heterocycles. The van der Waals surface area contributed by atoms with Crippen molar-refractivity contribution in [2.75, 3.05) is 22.5 Å². The van der Waals surface area contributed by atoms with Gasteiger partial charge < -0.3 is 16.0 Å². The Kier molecular flexibility index (Phi) is 2.26. The van der Waals surface area contributed by atoms with Crippen LogP contribution in [0.1, 0.15) is 13.8 Å². The SMILES string of the molecule is CC(C)N1CC(=O)Nc2c(N)cccc21. The maximum Gasteiger partial charge on any atom is 0.244 e. The number of nitrogens with zero attached hydrogens (tertiary/aromatic N) is 1. The minimum atomic E-state index is -0.00546. The van der Waals surface area contributed by atoms with Crippen LogP contribution in [-0.4, -0.2) is 18.5 Å². The number of anilines is 3. The molecule has 0 spiro atoms. The zero-order valence-electron chi connectivity index (χ0n) is 8.95. The minimum Gasteiger partial charge on any atom is -0.397 e. The van der Waals surface area contributed by atoms with Crippen LogP contribution in [0.2, 0.25) is 0 Å². The maximum absolute atomic E-state index is 11.5. The Labute approximate surface area is 89.1 Å². The predicted octanol–water partition coefficient (Wildman–Crippen LogP) is 1.44. The first kappa shape index (κ1) is 9.83. The molecule has 1 aromatic rings. The van der Waals surface area contributed by atoms with Crippen molar-refractivity contribution < 1.29 is 4.79 Å². The number of carbonyl (C=O) groups excluding carboxylic acids is 1. The van der Waals surface area contributed by atoms with Crippen LogP contribution in [0.15, 0.2) is 18.2 Å². The van der Waals surface area contributed by atoms with E-state index in [-0.39, 0.29) is 11.9 Å². The van der Waals surface area contributed by atoms with Crippen molar-refractivity contribution in [1.82, 2.24) is 0 Å². The second-order valence-electron chi connectivity index (χ2n) is 4.01. The molecule has 0 aliphatic carbocycles. The Balaban J connectivity index is 2.51. The van der Waals surface area contributed by atoms with Crippen LogP contribution in [0.5, 0.6) is 0 Å².